The van der Waals surface area contributed by atoms with Crippen LogP contribution in [0.2, 0.25) is 0 Å². The molecule has 0 aromatic heterocycles. The van der Waals surface area contributed by atoms with Crippen LogP contribution in [0.4, 0.5) is 5.69 Å². The first-order valence-corrected chi connectivity index (χ1v) is 6.22. The van der Waals surface area contributed by atoms with Crippen molar-refractivity contribution in [2.75, 3.05) is 5.32 Å². The highest BCUT2D eigenvalue weighted by atomic mass is 14.9. The second-order valence-corrected chi connectivity index (χ2v) is 4.56. The molecule has 1 aromatic carbocycles. The summed E-state index contributed by atoms with van der Waals surface area (Å²) in [5.41, 5.74) is 2.13. The van der Waals surface area contributed by atoms with Gasteiger partial charge in [0.15, 0.2) is 0 Å². The fourth-order valence-electron chi connectivity index (χ4n) is 2.36. The maximum absolute atomic E-state index is 5.40. The Labute approximate surface area is 98.3 Å². The van der Waals surface area contributed by atoms with Gasteiger partial charge in [0.2, 0.25) is 0 Å². The molecule has 1 saturated carbocycles. The maximum Gasteiger partial charge on any atom is 0.0354 e. The Balaban J connectivity index is 1.99. The zero-order valence-corrected chi connectivity index (χ0v) is 9.71. The van der Waals surface area contributed by atoms with Crippen molar-refractivity contribution in [2.24, 2.45) is 0 Å². The SMILES string of the molecule is C#Cc1cccc(NC2CCCCCC2)c1. The van der Waals surface area contributed by atoms with Gasteiger partial charge in [0.25, 0.3) is 0 Å². The molecule has 2 rings (SSSR count). The van der Waals surface area contributed by atoms with Gasteiger partial charge >= 0.3 is 0 Å². The molecule has 0 unspecified atom stereocenters. The highest BCUT2D eigenvalue weighted by molar-refractivity contribution is 5.50. The number of hydrogen-bond acceptors (Lipinski definition) is 1. The zero-order chi connectivity index (χ0) is 11.2. The molecule has 16 heavy (non-hydrogen) atoms. The molecule has 1 nitrogen and oxygen atoms in total. The van der Waals surface area contributed by atoms with E-state index in [1.165, 1.54) is 44.2 Å². The first kappa shape index (κ1) is 11.1. The summed E-state index contributed by atoms with van der Waals surface area (Å²) in [7, 11) is 0. The van der Waals surface area contributed by atoms with Crippen LogP contribution in [0.5, 0.6) is 0 Å². The predicted octanol–water partition coefficient (Wildman–Crippen LogP) is 3.80. The molecule has 1 fully saturated rings. The van der Waals surface area contributed by atoms with Gasteiger partial charge in [0.1, 0.15) is 0 Å². The highest BCUT2D eigenvalue weighted by Gasteiger charge is 2.11. The van der Waals surface area contributed by atoms with Crippen LogP contribution in [-0.2, 0) is 0 Å². The van der Waals surface area contributed by atoms with Gasteiger partial charge in [0, 0.05) is 17.3 Å². The summed E-state index contributed by atoms with van der Waals surface area (Å²) in [6, 6.07) is 8.79. The van der Waals surface area contributed by atoms with Gasteiger partial charge in [-0.15, -0.1) is 6.42 Å². The number of nitrogens with one attached hydrogen (secondary N) is 1. The van der Waals surface area contributed by atoms with Gasteiger partial charge in [0.05, 0.1) is 0 Å². The Morgan fingerprint density at radius 2 is 1.88 bits per heavy atom. The van der Waals surface area contributed by atoms with E-state index in [0.29, 0.717) is 6.04 Å². The Kier molecular flexibility index (Phi) is 3.88. The molecule has 1 N–H and O–H groups in total. The third-order valence-corrected chi connectivity index (χ3v) is 3.26. The molecular weight excluding hydrogens is 194 g/mol. The predicted molar refractivity (Wildman–Crippen MR) is 69.5 cm³/mol. The van der Waals surface area contributed by atoms with Crippen molar-refractivity contribution in [3.63, 3.8) is 0 Å². The molecule has 0 radical (unpaired) electrons. The summed E-state index contributed by atoms with van der Waals surface area (Å²) in [4.78, 5) is 0. The number of anilines is 1. The molecule has 0 saturated heterocycles. The average molecular weight is 213 g/mol. The monoisotopic (exact) mass is 213 g/mol. The largest absolute Gasteiger partial charge is 0.382 e. The number of rotatable bonds is 2. The molecule has 1 aliphatic carbocycles. The lowest BCUT2D eigenvalue weighted by molar-refractivity contribution is 0.620. The van der Waals surface area contributed by atoms with Crippen molar-refractivity contribution >= 4 is 5.69 Å². The summed E-state index contributed by atoms with van der Waals surface area (Å²) in [5.74, 6) is 2.68. The molecule has 0 aliphatic heterocycles. The number of hydrogen-bond donors (Lipinski definition) is 1. The summed E-state index contributed by atoms with van der Waals surface area (Å²) < 4.78 is 0. The van der Waals surface area contributed by atoms with E-state index in [0.717, 1.165) is 5.56 Å². The molecule has 0 amide bonds. The van der Waals surface area contributed by atoms with Crippen LogP contribution in [0.15, 0.2) is 24.3 Å². The van der Waals surface area contributed by atoms with Crippen LogP contribution in [0.25, 0.3) is 0 Å². The Bertz CT molecular complexity index is 367. The van der Waals surface area contributed by atoms with Crippen LogP contribution in [0.3, 0.4) is 0 Å². The summed E-state index contributed by atoms with van der Waals surface area (Å²) >= 11 is 0. The topological polar surface area (TPSA) is 12.0 Å². The Morgan fingerprint density at radius 1 is 1.12 bits per heavy atom. The van der Waals surface area contributed by atoms with Crippen molar-refractivity contribution in [2.45, 2.75) is 44.6 Å². The van der Waals surface area contributed by atoms with Gasteiger partial charge < -0.3 is 5.32 Å². The molecule has 0 spiro atoms. The third-order valence-electron chi connectivity index (χ3n) is 3.26. The van der Waals surface area contributed by atoms with Crippen molar-refractivity contribution in [1.82, 2.24) is 0 Å². The lowest BCUT2D eigenvalue weighted by atomic mass is 10.1. The average Bonchev–Trinajstić information content (AvgIpc) is 2.58. The van der Waals surface area contributed by atoms with E-state index < -0.39 is 0 Å². The Morgan fingerprint density at radius 3 is 2.56 bits per heavy atom. The normalized spacial score (nSPS) is 17.4. The zero-order valence-electron chi connectivity index (χ0n) is 9.71. The van der Waals surface area contributed by atoms with E-state index >= 15 is 0 Å². The van der Waals surface area contributed by atoms with Crippen LogP contribution in [0, 0.1) is 12.3 Å². The quantitative estimate of drug-likeness (QED) is 0.582. The van der Waals surface area contributed by atoms with Gasteiger partial charge in [-0.25, -0.2) is 0 Å². The molecule has 1 heteroatoms. The maximum atomic E-state index is 5.40. The van der Waals surface area contributed by atoms with E-state index in [2.05, 4.69) is 23.4 Å². The third kappa shape index (κ3) is 3.03. The molecule has 1 aromatic rings. The van der Waals surface area contributed by atoms with Gasteiger partial charge in [-0.05, 0) is 31.0 Å². The molecule has 1 aliphatic rings. The molecule has 84 valence electrons. The van der Waals surface area contributed by atoms with Crippen molar-refractivity contribution < 1.29 is 0 Å². The van der Waals surface area contributed by atoms with Crippen molar-refractivity contribution in [3.8, 4) is 12.3 Å². The van der Waals surface area contributed by atoms with Crippen LogP contribution < -0.4 is 5.32 Å². The van der Waals surface area contributed by atoms with E-state index in [1.807, 2.05) is 12.1 Å². The lowest BCUT2D eigenvalue weighted by Gasteiger charge is -2.17. The molecule has 0 bridgehead atoms. The molecule has 0 heterocycles. The number of terminal acetylenes is 1. The first-order valence-electron chi connectivity index (χ1n) is 6.22. The van der Waals surface area contributed by atoms with E-state index in [9.17, 15) is 0 Å². The number of benzene rings is 1. The Hall–Kier alpha value is -1.42. The fourth-order valence-corrected chi connectivity index (χ4v) is 2.36. The molecule has 0 atom stereocenters. The van der Waals surface area contributed by atoms with Crippen LogP contribution in [0.1, 0.15) is 44.1 Å². The van der Waals surface area contributed by atoms with Gasteiger partial charge in [-0.1, -0.05) is 37.7 Å². The first-order chi connectivity index (χ1) is 7.88. The van der Waals surface area contributed by atoms with Crippen LogP contribution >= 0.6 is 0 Å². The van der Waals surface area contributed by atoms with E-state index in [4.69, 9.17) is 6.42 Å². The van der Waals surface area contributed by atoms with Crippen LogP contribution in [-0.4, -0.2) is 6.04 Å². The fraction of sp³-hybridized carbons (Fsp3) is 0.467. The van der Waals surface area contributed by atoms with Gasteiger partial charge in [-0.3, -0.25) is 0 Å². The standard InChI is InChI=1S/C15H19N/c1-2-13-8-7-11-15(12-13)16-14-9-5-3-4-6-10-14/h1,7-8,11-12,14,16H,3-6,9-10H2. The second kappa shape index (κ2) is 5.61. The minimum absolute atomic E-state index is 0.635. The second-order valence-electron chi connectivity index (χ2n) is 4.56. The van der Waals surface area contributed by atoms with Crippen molar-refractivity contribution in [3.05, 3.63) is 29.8 Å². The smallest absolute Gasteiger partial charge is 0.0354 e. The lowest BCUT2D eigenvalue weighted by Crippen LogP contribution is -2.18. The minimum Gasteiger partial charge on any atom is -0.382 e. The summed E-state index contributed by atoms with van der Waals surface area (Å²) in [6.07, 6.45) is 13.5. The summed E-state index contributed by atoms with van der Waals surface area (Å²) in [5, 5.41) is 3.60. The highest BCUT2D eigenvalue weighted by Crippen LogP contribution is 2.21. The summed E-state index contributed by atoms with van der Waals surface area (Å²) in [6.45, 7) is 0. The van der Waals surface area contributed by atoms with Gasteiger partial charge in [-0.2, -0.15) is 0 Å². The van der Waals surface area contributed by atoms with E-state index in [-0.39, 0.29) is 0 Å². The molecular formula is C15H19N. The van der Waals surface area contributed by atoms with Crippen molar-refractivity contribution in [1.29, 1.82) is 0 Å². The van der Waals surface area contributed by atoms with E-state index in [1.54, 1.807) is 0 Å². The minimum atomic E-state index is 0.635.